The second-order valence-electron chi connectivity index (χ2n) is 3.26. The molecule has 0 amide bonds. The first-order valence-corrected chi connectivity index (χ1v) is 4.74. The quantitative estimate of drug-likeness (QED) is 0.783. The van der Waals surface area contributed by atoms with Crippen LogP contribution in [0.2, 0.25) is 5.02 Å². The number of aryl methyl sites for hydroxylation is 1. The minimum absolute atomic E-state index is 0.249. The van der Waals surface area contributed by atoms with Crippen molar-refractivity contribution in [2.75, 3.05) is 11.9 Å². The molecule has 72 valence electrons. The molecule has 1 aromatic rings. The van der Waals surface area contributed by atoms with Crippen LogP contribution in [0.25, 0.3) is 0 Å². The third-order valence-electron chi connectivity index (χ3n) is 1.88. The largest absolute Gasteiger partial charge is 0.380 e. The van der Waals surface area contributed by atoms with Crippen LogP contribution in [0.3, 0.4) is 0 Å². The first-order valence-electron chi connectivity index (χ1n) is 4.36. The summed E-state index contributed by atoms with van der Waals surface area (Å²) in [5, 5.41) is 3.99. The van der Waals surface area contributed by atoms with Gasteiger partial charge in [0.1, 0.15) is 0 Å². The van der Waals surface area contributed by atoms with Crippen molar-refractivity contribution in [1.29, 1.82) is 0 Å². The minimum Gasteiger partial charge on any atom is -0.380 e. The van der Waals surface area contributed by atoms with Crippen LogP contribution < -0.4 is 11.1 Å². The van der Waals surface area contributed by atoms with Gasteiger partial charge in [0.15, 0.2) is 0 Å². The Morgan fingerprint density at radius 3 is 2.85 bits per heavy atom. The predicted molar refractivity (Wildman–Crippen MR) is 58.3 cm³/mol. The number of anilines is 1. The zero-order valence-corrected chi connectivity index (χ0v) is 8.73. The Kier molecular flexibility index (Phi) is 3.58. The van der Waals surface area contributed by atoms with Gasteiger partial charge in [-0.15, -0.1) is 0 Å². The molecule has 3 N–H and O–H groups in total. The highest BCUT2D eigenvalue weighted by atomic mass is 35.5. The number of rotatable bonds is 3. The van der Waals surface area contributed by atoms with Crippen LogP contribution in [0.1, 0.15) is 12.5 Å². The Hall–Kier alpha value is -0.730. The zero-order chi connectivity index (χ0) is 9.84. The lowest BCUT2D eigenvalue weighted by Crippen LogP contribution is -2.25. The van der Waals surface area contributed by atoms with Crippen LogP contribution in [0.5, 0.6) is 0 Å². The summed E-state index contributed by atoms with van der Waals surface area (Å²) in [7, 11) is 0. The van der Waals surface area contributed by atoms with Gasteiger partial charge in [0.25, 0.3) is 0 Å². The molecule has 0 aliphatic heterocycles. The maximum absolute atomic E-state index is 5.99. The summed E-state index contributed by atoms with van der Waals surface area (Å²) in [5.41, 5.74) is 7.65. The fourth-order valence-corrected chi connectivity index (χ4v) is 1.25. The zero-order valence-electron chi connectivity index (χ0n) is 7.97. The summed E-state index contributed by atoms with van der Waals surface area (Å²) in [5.74, 6) is 0. The minimum atomic E-state index is 0.249. The molecule has 0 saturated carbocycles. The monoisotopic (exact) mass is 198 g/mol. The maximum atomic E-state index is 5.99. The predicted octanol–water partition coefficient (Wildman–Crippen LogP) is 2.41. The van der Waals surface area contributed by atoms with Crippen LogP contribution in [-0.2, 0) is 0 Å². The van der Waals surface area contributed by atoms with Gasteiger partial charge in [-0.05, 0) is 31.5 Å². The summed E-state index contributed by atoms with van der Waals surface area (Å²) in [6, 6.07) is 6.15. The van der Waals surface area contributed by atoms with E-state index < -0.39 is 0 Å². The van der Waals surface area contributed by atoms with Crippen LogP contribution in [0.4, 0.5) is 5.69 Å². The Bertz CT molecular complexity index is 286. The normalized spacial score (nSPS) is 12.6. The lowest BCUT2D eigenvalue weighted by molar-refractivity contribution is 0.804. The third-order valence-corrected chi connectivity index (χ3v) is 2.21. The molecule has 0 aromatic heterocycles. The molecule has 0 bridgehead atoms. The maximum Gasteiger partial charge on any atom is 0.0637 e. The second kappa shape index (κ2) is 4.49. The molecule has 3 heteroatoms. The molecule has 0 aliphatic carbocycles. The van der Waals surface area contributed by atoms with Gasteiger partial charge < -0.3 is 11.1 Å². The van der Waals surface area contributed by atoms with Crippen molar-refractivity contribution < 1.29 is 0 Å². The van der Waals surface area contributed by atoms with Crippen molar-refractivity contribution in [3.05, 3.63) is 28.8 Å². The lowest BCUT2D eigenvalue weighted by atomic mass is 10.2. The molecule has 0 spiro atoms. The van der Waals surface area contributed by atoms with E-state index in [-0.39, 0.29) is 6.04 Å². The Morgan fingerprint density at radius 2 is 2.23 bits per heavy atom. The lowest BCUT2D eigenvalue weighted by Gasteiger charge is -2.14. The molecular formula is C10H15ClN2. The van der Waals surface area contributed by atoms with Gasteiger partial charge in [0.05, 0.1) is 10.7 Å². The number of nitrogens with two attached hydrogens (primary N) is 1. The third kappa shape index (κ3) is 2.90. The fraction of sp³-hybridized carbons (Fsp3) is 0.400. The van der Waals surface area contributed by atoms with E-state index in [4.69, 9.17) is 17.3 Å². The topological polar surface area (TPSA) is 38.0 Å². The number of nitrogens with one attached hydrogen (secondary N) is 1. The van der Waals surface area contributed by atoms with Gasteiger partial charge in [0.2, 0.25) is 0 Å². The van der Waals surface area contributed by atoms with Crippen molar-refractivity contribution in [1.82, 2.24) is 0 Å². The number of hydrogen-bond donors (Lipinski definition) is 2. The molecule has 1 rings (SSSR count). The molecule has 1 atom stereocenters. The van der Waals surface area contributed by atoms with E-state index in [9.17, 15) is 0 Å². The van der Waals surface area contributed by atoms with E-state index in [0.717, 1.165) is 10.7 Å². The van der Waals surface area contributed by atoms with Crippen molar-refractivity contribution in [2.24, 2.45) is 5.73 Å². The first-order chi connectivity index (χ1) is 6.13. The molecule has 1 unspecified atom stereocenters. The summed E-state index contributed by atoms with van der Waals surface area (Å²) in [4.78, 5) is 0. The van der Waals surface area contributed by atoms with Gasteiger partial charge in [-0.3, -0.25) is 0 Å². The molecule has 13 heavy (non-hydrogen) atoms. The molecule has 0 aliphatic rings. The molecule has 2 nitrogen and oxygen atoms in total. The highest BCUT2D eigenvalue weighted by Gasteiger charge is 2.03. The van der Waals surface area contributed by atoms with Crippen molar-refractivity contribution in [2.45, 2.75) is 19.9 Å². The van der Waals surface area contributed by atoms with E-state index in [0.29, 0.717) is 6.54 Å². The number of benzene rings is 1. The molecule has 0 heterocycles. The van der Waals surface area contributed by atoms with Crippen LogP contribution in [0, 0.1) is 6.92 Å². The van der Waals surface area contributed by atoms with E-state index in [2.05, 4.69) is 5.32 Å². The van der Waals surface area contributed by atoms with E-state index in [1.165, 1.54) is 5.56 Å². The Balaban J connectivity index is 2.81. The first kappa shape index (κ1) is 10.4. The standard InChI is InChI=1S/C10H15ClN2/c1-7-3-4-9(11)10(5-7)13-8(2)6-12/h3-5,8,13H,6,12H2,1-2H3. The van der Waals surface area contributed by atoms with Crippen molar-refractivity contribution in [3.63, 3.8) is 0 Å². The Morgan fingerprint density at radius 1 is 1.54 bits per heavy atom. The highest BCUT2D eigenvalue weighted by Crippen LogP contribution is 2.23. The van der Waals surface area contributed by atoms with Gasteiger partial charge in [-0.2, -0.15) is 0 Å². The van der Waals surface area contributed by atoms with Gasteiger partial charge in [0, 0.05) is 12.6 Å². The van der Waals surface area contributed by atoms with Gasteiger partial charge in [-0.25, -0.2) is 0 Å². The summed E-state index contributed by atoms with van der Waals surface area (Å²) in [6.45, 7) is 4.66. The molecule has 1 aromatic carbocycles. The van der Waals surface area contributed by atoms with E-state index in [1.54, 1.807) is 0 Å². The van der Waals surface area contributed by atoms with E-state index >= 15 is 0 Å². The average molecular weight is 199 g/mol. The summed E-state index contributed by atoms with van der Waals surface area (Å²) < 4.78 is 0. The summed E-state index contributed by atoms with van der Waals surface area (Å²) >= 11 is 5.99. The van der Waals surface area contributed by atoms with Crippen LogP contribution in [0.15, 0.2) is 18.2 Å². The number of halogens is 1. The van der Waals surface area contributed by atoms with E-state index in [1.807, 2.05) is 32.0 Å². The van der Waals surface area contributed by atoms with Gasteiger partial charge in [-0.1, -0.05) is 17.7 Å². The van der Waals surface area contributed by atoms with Crippen LogP contribution >= 0.6 is 11.6 Å². The Labute approximate surface area is 84.1 Å². The highest BCUT2D eigenvalue weighted by molar-refractivity contribution is 6.33. The molecule has 0 radical (unpaired) electrons. The van der Waals surface area contributed by atoms with Crippen LogP contribution in [-0.4, -0.2) is 12.6 Å². The fourth-order valence-electron chi connectivity index (χ4n) is 1.07. The smallest absolute Gasteiger partial charge is 0.0637 e. The average Bonchev–Trinajstić information content (AvgIpc) is 2.11. The molecule has 0 saturated heterocycles. The molecular weight excluding hydrogens is 184 g/mol. The second-order valence-corrected chi connectivity index (χ2v) is 3.67. The van der Waals surface area contributed by atoms with Gasteiger partial charge >= 0.3 is 0 Å². The van der Waals surface area contributed by atoms with Crippen molar-refractivity contribution >= 4 is 17.3 Å². The molecule has 0 fully saturated rings. The van der Waals surface area contributed by atoms with Crippen molar-refractivity contribution in [3.8, 4) is 0 Å². The summed E-state index contributed by atoms with van der Waals surface area (Å²) in [6.07, 6.45) is 0. The number of hydrogen-bond acceptors (Lipinski definition) is 2. The SMILES string of the molecule is Cc1ccc(Cl)c(NC(C)CN)c1.